The van der Waals surface area contributed by atoms with Gasteiger partial charge in [0, 0.05) is 12.2 Å². The van der Waals surface area contributed by atoms with Gasteiger partial charge in [0.25, 0.3) is 0 Å². The maximum Gasteiger partial charge on any atom is 0.231 e. The number of rotatable bonds is 6. The lowest BCUT2D eigenvalue weighted by Crippen LogP contribution is -2.30. The molecule has 2 aromatic carbocycles. The van der Waals surface area contributed by atoms with Crippen LogP contribution in [0, 0.1) is 11.8 Å². The van der Waals surface area contributed by atoms with Gasteiger partial charge in [0.05, 0.1) is 6.42 Å². The van der Waals surface area contributed by atoms with E-state index in [9.17, 15) is 4.79 Å². The zero-order chi connectivity index (χ0) is 19.6. The van der Waals surface area contributed by atoms with Crippen LogP contribution < -0.4 is 10.2 Å². The van der Waals surface area contributed by atoms with Crippen LogP contribution in [0.1, 0.15) is 54.7 Å². The number of benzene rings is 2. The summed E-state index contributed by atoms with van der Waals surface area (Å²) in [5.74, 6) is 2.81. The number of piperidine rings is 1. The van der Waals surface area contributed by atoms with E-state index in [1.54, 1.807) is 0 Å². The minimum absolute atomic E-state index is 0.217. The molecular formula is C26H32N2O. The smallest absolute Gasteiger partial charge is 0.231 e. The van der Waals surface area contributed by atoms with Crippen LogP contribution in [0.4, 0.5) is 5.69 Å². The minimum atomic E-state index is 0.217. The minimum Gasteiger partial charge on any atom is -0.317 e. The van der Waals surface area contributed by atoms with Crippen LogP contribution in [0.2, 0.25) is 0 Å². The standard InChI is InChI=1S/C26H32N2O/c29-26(16-20-4-2-1-3-5-20)28-15-12-23-17-21(8-9-25(23)28)24-18-22(24)7-6-19-10-13-27-14-11-19/h1-5,8-9,17,19,22,24,27H,6-7,10-16,18H2. The van der Waals surface area contributed by atoms with Crippen LogP contribution in [-0.2, 0) is 17.6 Å². The summed E-state index contributed by atoms with van der Waals surface area (Å²) in [6.07, 6.45) is 8.38. The van der Waals surface area contributed by atoms with Crippen LogP contribution in [0.15, 0.2) is 48.5 Å². The van der Waals surface area contributed by atoms with E-state index in [1.807, 2.05) is 35.2 Å². The number of nitrogens with one attached hydrogen (secondary N) is 1. The predicted molar refractivity (Wildman–Crippen MR) is 118 cm³/mol. The van der Waals surface area contributed by atoms with Gasteiger partial charge < -0.3 is 10.2 Å². The molecule has 0 aromatic heterocycles. The van der Waals surface area contributed by atoms with Gasteiger partial charge in [-0.05, 0) is 85.7 Å². The topological polar surface area (TPSA) is 32.3 Å². The van der Waals surface area contributed by atoms with Crippen molar-refractivity contribution >= 4 is 11.6 Å². The van der Waals surface area contributed by atoms with Crippen molar-refractivity contribution in [3.63, 3.8) is 0 Å². The number of nitrogens with zero attached hydrogens (tertiary/aromatic N) is 1. The average Bonchev–Trinajstić information content (AvgIpc) is 3.42. The quantitative estimate of drug-likeness (QED) is 0.778. The third kappa shape index (κ3) is 4.25. The molecule has 2 atom stereocenters. The monoisotopic (exact) mass is 388 g/mol. The van der Waals surface area contributed by atoms with Crippen LogP contribution in [0.25, 0.3) is 0 Å². The second-order valence-electron chi connectivity index (χ2n) is 9.22. The van der Waals surface area contributed by atoms with Crippen molar-refractivity contribution < 1.29 is 4.79 Å². The summed E-state index contributed by atoms with van der Waals surface area (Å²) in [5, 5.41) is 3.47. The number of hydrogen-bond acceptors (Lipinski definition) is 2. The Labute approximate surface area is 174 Å². The van der Waals surface area contributed by atoms with Gasteiger partial charge in [-0.25, -0.2) is 0 Å². The molecule has 29 heavy (non-hydrogen) atoms. The summed E-state index contributed by atoms with van der Waals surface area (Å²) in [4.78, 5) is 14.8. The molecular weight excluding hydrogens is 356 g/mol. The zero-order valence-corrected chi connectivity index (χ0v) is 17.3. The Morgan fingerprint density at radius 3 is 2.69 bits per heavy atom. The largest absolute Gasteiger partial charge is 0.317 e. The van der Waals surface area contributed by atoms with Crippen molar-refractivity contribution in [3.8, 4) is 0 Å². The molecule has 3 heteroatoms. The molecule has 2 heterocycles. The first-order chi connectivity index (χ1) is 14.3. The SMILES string of the molecule is O=C(Cc1ccccc1)N1CCc2cc(C3CC3CCC3CCNCC3)ccc21. The molecule has 1 N–H and O–H groups in total. The molecule has 1 amide bonds. The van der Waals surface area contributed by atoms with Crippen molar-refractivity contribution in [1.29, 1.82) is 0 Å². The Kier molecular flexibility index (Phi) is 5.41. The van der Waals surface area contributed by atoms with E-state index < -0.39 is 0 Å². The first kappa shape index (κ1) is 18.9. The van der Waals surface area contributed by atoms with E-state index in [0.29, 0.717) is 6.42 Å². The van der Waals surface area contributed by atoms with E-state index in [2.05, 4.69) is 23.5 Å². The fraction of sp³-hybridized carbons (Fsp3) is 0.500. The lowest BCUT2D eigenvalue weighted by atomic mass is 9.91. The first-order valence-corrected chi connectivity index (χ1v) is 11.5. The van der Waals surface area contributed by atoms with Crippen LogP contribution in [0.3, 0.4) is 0 Å². The first-order valence-electron chi connectivity index (χ1n) is 11.5. The second-order valence-corrected chi connectivity index (χ2v) is 9.22. The molecule has 0 radical (unpaired) electrons. The predicted octanol–water partition coefficient (Wildman–Crippen LogP) is 4.70. The van der Waals surface area contributed by atoms with Gasteiger partial charge in [0.2, 0.25) is 5.91 Å². The van der Waals surface area contributed by atoms with E-state index >= 15 is 0 Å². The van der Waals surface area contributed by atoms with Crippen molar-refractivity contribution in [2.24, 2.45) is 11.8 Å². The van der Waals surface area contributed by atoms with Crippen molar-refractivity contribution in [1.82, 2.24) is 5.32 Å². The molecule has 3 nitrogen and oxygen atoms in total. The molecule has 5 rings (SSSR count). The highest BCUT2D eigenvalue weighted by molar-refractivity contribution is 5.96. The highest BCUT2D eigenvalue weighted by Gasteiger charge is 2.39. The number of carbonyl (C=O) groups excluding carboxylic acids is 1. The molecule has 2 fully saturated rings. The lowest BCUT2D eigenvalue weighted by molar-refractivity contribution is -0.117. The van der Waals surface area contributed by atoms with E-state index in [1.165, 1.54) is 56.3 Å². The van der Waals surface area contributed by atoms with Crippen LogP contribution in [-0.4, -0.2) is 25.5 Å². The lowest BCUT2D eigenvalue weighted by Gasteiger charge is -2.22. The summed E-state index contributed by atoms with van der Waals surface area (Å²) in [6, 6.07) is 17.0. The fourth-order valence-electron chi connectivity index (χ4n) is 5.37. The van der Waals surface area contributed by atoms with E-state index in [-0.39, 0.29) is 5.91 Å². The number of hydrogen-bond donors (Lipinski definition) is 1. The van der Waals surface area contributed by atoms with Gasteiger partial charge in [0.15, 0.2) is 0 Å². The summed E-state index contributed by atoms with van der Waals surface area (Å²) in [5.41, 5.74) is 5.11. The van der Waals surface area contributed by atoms with Gasteiger partial charge in [-0.3, -0.25) is 4.79 Å². The van der Waals surface area contributed by atoms with Gasteiger partial charge in [-0.1, -0.05) is 48.9 Å². The average molecular weight is 389 g/mol. The molecule has 0 spiro atoms. The van der Waals surface area contributed by atoms with Crippen LogP contribution in [0.5, 0.6) is 0 Å². The van der Waals surface area contributed by atoms with Crippen LogP contribution >= 0.6 is 0 Å². The zero-order valence-electron chi connectivity index (χ0n) is 17.3. The number of anilines is 1. The summed E-state index contributed by atoms with van der Waals surface area (Å²) < 4.78 is 0. The molecule has 2 aliphatic heterocycles. The third-order valence-corrected chi connectivity index (χ3v) is 7.25. The fourth-order valence-corrected chi connectivity index (χ4v) is 5.37. The Morgan fingerprint density at radius 2 is 1.86 bits per heavy atom. The van der Waals surface area contributed by atoms with Gasteiger partial charge in [0.1, 0.15) is 0 Å². The molecule has 2 unspecified atom stereocenters. The van der Waals surface area contributed by atoms with Crippen molar-refractivity contribution in [2.75, 3.05) is 24.5 Å². The van der Waals surface area contributed by atoms with Gasteiger partial charge >= 0.3 is 0 Å². The Balaban J connectivity index is 1.18. The Morgan fingerprint density at radius 1 is 1.03 bits per heavy atom. The van der Waals surface area contributed by atoms with Crippen molar-refractivity contribution in [2.45, 2.75) is 50.9 Å². The highest BCUT2D eigenvalue weighted by atomic mass is 16.2. The molecule has 1 aliphatic carbocycles. The third-order valence-electron chi connectivity index (χ3n) is 7.25. The summed E-state index contributed by atoms with van der Waals surface area (Å²) >= 11 is 0. The second kappa shape index (κ2) is 8.31. The van der Waals surface area contributed by atoms with E-state index in [0.717, 1.165) is 42.0 Å². The molecule has 152 valence electrons. The summed E-state index contributed by atoms with van der Waals surface area (Å²) in [7, 11) is 0. The maximum atomic E-state index is 12.8. The Bertz CT molecular complexity index is 856. The number of carbonyl (C=O) groups is 1. The van der Waals surface area contributed by atoms with Crippen molar-refractivity contribution in [3.05, 3.63) is 65.2 Å². The molecule has 1 saturated heterocycles. The molecule has 1 saturated carbocycles. The molecule has 2 aromatic rings. The molecule has 0 bridgehead atoms. The summed E-state index contributed by atoms with van der Waals surface area (Å²) in [6.45, 7) is 3.25. The normalized spacial score (nSPS) is 23.8. The van der Waals surface area contributed by atoms with E-state index in [4.69, 9.17) is 0 Å². The number of fused-ring (bicyclic) bond motifs is 1. The highest BCUT2D eigenvalue weighted by Crippen LogP contribution is 2.51. The maximum absolute atomic E-state index is 12.8. The number of amides is 1. The Hall–Kier alpha value is -2.13. The molecule has 3 aliphatic rings. The van der Waals surface area contributed by atoms with Gasteiger partial charge in [-0.15, -0.1) is 0 Å². The van der Waals surface area contributed by atoms with Gasteiger partial charge in [-0.2, -0.15) is 0 Å².